The average Bonchev–Trinajstić information content (AvgIpc) is 3.21. The van der Waals surface area contributed by atoms with Crippen molar-refractivity contribution in [2.45, 2.75) is 31.2 Å². The first-order chi connectivity index (χ1) is 8.73. The fraction of sp³-hybridized carbons (Fsp3) is 1.00. The summed E-state index contributed by atoms with van der Waals surface area (Å²) in [5.74, 6) is 1.38. The first kappa shape index (κ1) is 14.3. The third-order valence-electron chi connectivity index (χ3n) is 4.63. The van der Waals surface area contributed by atoms with Crippen LogP contribution in [0.1, 0.15) is 25.7 Å². The molecule has 106 valence electrons. The minimum atomic E-state index is 0.0478. The molecule has 2 rings (SSSR count). The Balaban J connectivity index is 1.95. The monoisotopic (exact) mass is 256 g/mol. The van der Waals surface area contributed by atoms with Crippen molar-refractivity contribution < 1.29 is 9.47 Å². The molecule has 1 heterocycles. The largest absolute Gasteiger partial charge is 0.383 e. The van der Waals surface area contributed by atoms with E-state index >= 15 is 0 Å². The van der Waals surface area contributed by atoms with E-state index in [0.29, 0.717) is 12.5 Å². The van der Waals surface area contributed by atoms with Crippen LogP contribution in [0.25, 0.3) is 0 Å². The van der Waals surface area contributed by atoms with Crippen LogP contribution in [0.15, 0.2) is 0 Å². The number of nitrogens with zero attached hydrogens (tertiary/aromatic N) is 1. The van der Waals surface area contributed by atoms with E-state index in [1.54, 1.807) is 7.11 Å². The first-order valence-corrected chi connectivity index (χ1v) is 7.21. The normalized spacial score (nSPS) is 28.3. The van der Waals surface area contributed by atoms with Crippen molar-refractivity contribution in [3.05, 3.63) is 0 Å². The van der Waals surface area contributed by atoms with Gasteiger partial charge in [0.1, 0.15) is 0 Å². The van der Waals surface area contributed by atoms with Gasteiger partial charge in [-0.25, -0.2) is 0 Å². The van der Waals surface area contributed by atoms with Crippen LogP contribution in [0, 0.1) is 11.8 Å². The van der Waals surface area contributed by atoms with Crippen molar-refractivity contribution in [3.63, 3.8) is 0 Å². The number of hydrogen-bond donors (Lipinski definition) is 1. The topological polar surface area (TPSA) is 47.7 Å². The van der Waals surface area contributed by atoms with Crippen LogP contribution in [-0.4, -0.2) is 57.5 Å². The molecule has 4 nitrogen and oxygen atoms in total. The van der Waals surface area contributed by atoms with Crippen LogP contribution in [0.4, 0.5) is 0 Å². The molecule has 1 aliphatic heterocycles. The SMILES string of the molecule is COCC(CN)(C1CC1)N(C)CC1CCCOC1. The Bertz CT molecular complexity index is 252. The lowest BCUT2D eigenvalue weighted by molar-refractivity contribution is -0.0167. The zero-order chi connectivity index (χ0) is 13.0. The van der Waals surface area contributed by atoms with E-state index in [1.165, 1.54) is 25.7 Å². The Hall–Kier alpha value is -0.160. The minimum Gasteiger partial charge on any atom is -0.383 e. The predicted octanol–water partition coefficient (Wildman–Crippen LogP) is 1.10. The second-order valence-electron chi connectivity index (χ2n) is 5.98. The van der Waals surface area contributed by atoms with Gasteiger partial charge in [0, 0.05) is 26.8 Å². The molecule has 0 radical (unpaired) electrons. The molecule has 0 aromatic carbocycles. The van der Waals surface area contributed by atoms with E-state index in [4.69, 9.17) is 15.2 Å². The van der Waals surface area contributed by atoms with E-state index in [0.717, 1.165) is 32.3 Å². The van der Waals surface area contributed by atoms with Crippen molar-refractivity contribution >= 4 is 0 Å². The third kappa shape index (κ3) is 3.05. The molecular weight excluding hydrogens is 228 g/mol. The average molecular weight is 256 g/mol. The fourth-order valence-electron chi connectivity index (χ4n) is 3.31. The summed E-state index contributed by atoms with van der Waals surface area (Å²) in [6, 6.07) is 0. The molecule has 2 aliphatic rings. The summed E-state index contributed by atoms with van der Waals surface area (Å²) in [6.45, 7) is 4.36. The Kier molecular flexibility index (Phi) is 5.01. The van der Waals surface area contributed by atoms with E-state index in [2.05, 4.69) is 11.9 Å². The zero-order valence-corrected chi connectivity index (χ0v) is 11.9. The van der Waals surface area contributed by atoms with Crippen molar-refractivity contribution in [2.24, 2.45) is 17.6 Å². The number of methoxy groups -OCH3 is 1. The molecule has 0 aromatic rings. The van der Waals surface area contributed by atoms with Crippen molar-refractivity contribution in [3.8, 4) is 0 Å². The molecular formula is C14H28N2O2. The summed E-state index contributed by atoms with van der Waals surface area (Å²) >= 11 is 0. The van der Waals surface area contributed by atoms with E-state index in [-0.39, 0.29) is 5.54 Å². The number of rotatable bonds is 7. The maximum atomic E-state index is 6.09. The van der Waals surface area contributed by atoms with Gasteiger partial charge in [-0.2, -0.15) is 0 Å². The second kappa shape index (κ2) is 6.33. The molecule has 0 bridgehead atoms. The van der Waals surface area contributed by atoms with Crippen molar-refractivity contribution in [1.29, 1.82) is 0 Å². The molecule has 4 heteroatoms. The molecule has 1 aliphatic carbocycles. The molecule has 2 fully saturated rings. The third-order valence-corrected chi connectivity index (χ3v) is 4.63. The van der Waals surface area contributed by atoms with Crippen LogP contribution in [0.3, 0.4) is 0 Å². The van der Waals surface area contributed by atoms with Gasteiger partial charge in [-0.3, -0.25) is 4.90 Å². The molecule has 18 heavy (non-hydrogen) atoms. The van der Waals surface area contributed by atoms with Crippen molar-refractivity contribution in [1.82, 2.24) is 4.90 Å². The summed E-state index contributed by atoms with van der Waals surface area (Å²) in [6.07, 6.45) is 5.07. The van der Waals surface area contributed by atoms with Crippen LogP contribution in [-0.2, 0) is 9.47 Å². The van der Waals surface area contributed by atoms with Gasteiger partial charge >= 0.3 is 0 Å². The Morgan fingerprint density at radius 2 is 2.17 bits per heavy atom. The number of likely N-dealkylation sites (N-methyl/N-ethyl adjacent to an activating group) is 1. The van der Waals surface area contributed by atoms with Gasteiger partial charge in [-0.15, -0.1) is 0 Å². The lowest BCUT2D eigenvalue weighted by Gasteiger charge is -2.43. The molecule has 0 spiro atoms. The van der Waals surface area contributed by atoms with Gasteiger partial charge in [0.2, 0.25) is 0 Å². The smallest absolute Gasteiger partial charge is 0.0661 e. The van der Waals surface area contributed by atoms with E-state index in [9.17, 15) is 0 Å². The van der Waals surface area contributed by atoms with Gasteiger partial charge in [-0.1, -0.05) is 0 Å². The van der Waals surface area contributed by atoms with Gasteiger partial charge in [0.25, 0.3) is 0 Å². The number of nitrogens with two attached hydrogens (primary N) is 1. The fourth-order valence-corrected chi connectivity index (χ4v) is 3.31. The molecule has 2 N–H and O–H groups in total. The highest BCUT2D eigenvalue weighted by atomic mass is 16.5. The highest BCUT2D eigenvalue weighted by Gasteiger charge is 2.47. The van der Waals surface area contributed by atoms with Crippen LogP contribution < -0.4 is 5.73 Å². The van der Waals surface area contributed by atoms with Gasteiger partial charge in [0.05, 0.1) is 18.8 Å². The van der Waals surface area contributed by atoms with Gasteiger partial charge in [-0.05, 0) is 44.6 Å². The van der Waals surface area contributed by atoms with Gasteiger partial charge in [0.15, 0.2) is 0 Å². The second-order valence-corrected chi connectivity index (χ2v) is 5.98. The highest BCUT2D eigenvalue weighted by Crippen LogP contribution is 2.42. The Morgan fingerprint density at radius 1 is 1.39 bits per heavy atom. The lowest BCUT2D eigenvalue weighted by Crippen LogP contribution is -2.58. The highest BCUT2D eigenvalue weighted by molar-refractivity contribution is 5.03. The molecule has 0 amide bonds. The molecule has 2 atom stereocenters. The Labute approximate surface area is 111 Å². The quantitative estimate of drug-likeness (QED) is 0.741. The maximum Gasteiger partial charge on any atom is 0.0661 e. The molecule has 1 saturated carbocycles. The summed E-state index contributed by atoms with van der Waals surface area (Å²) in [4.78, 5) is 2.45. The molecule has 1 saturated heterocycles. The summed E-state index contributed by atoms with van der Waals surface area (Å²) in [7, 11) is 3.99. The molecule has 2 unspecified atom stereocenters. The summed E-state index contributed by atoms with van der Waals surface area (Å²) in [5.41, 5.74) is 6.14. The van der Waals surface area contributed by atoms with Gasteiger partial charge < -0.3 is 15.2 Å². The predicted molar refractivity (Wildman–Crippen MR) is 72.6 cm³/mol. The summed E-state index contributed by atoms with van der Waals surface area (Å²) in [5, 5.41) is 0. The van der Waals surface area contributed by atoms with Crippen LogP contribution in [0.5, 0.6) is 0 Å². The standard InChI is InChI=1S/C14H28N2O2/c1-16(8-12-4-3-7-18-9-12)14(10-15,11-17-2)13-5-6-13/h12-13H,3-11,15H2,1-2H3. The zero-order valence-electron chi connectivity index (χ0n) is 11.9. The summed E-state index contributed by atoms with van der Waals surface area (Å²) < 4.78 is 11.0. The number of hydrogen-bond acceptors (Lipinski definition) is 4. The molecule has 0 aromatic heterocycles. The first-order valence-electron chi connectivity index (χ1n) is 7.21. The van der Waals surface area contributed by atoms with E-state index < -0.39 is 0 Å². The maximum absolute atomic E-state index is 6.09. The minimum absolute atomic E-state index is 0.0478. The Morgan fingerprint density at radius 3 is 2.67 bits per heavy atom. The van der Waals surface area contributed by atoms with Crippen molar-refractivity contribution in [2.75, 3.05) is 47.1 Å². The van der Waals surface area contributed by atoms with E-state index in [1.807, 2.05) is 0 Å². The number of ether oxygens (including phenoxy) is 2. The lowest BCUT2D eigenvalue weighted by atomic mass is 9.90. The van der Waals surface area contributed by atoms with Crippen LogP contribution >= 0.6 is 0 Å². The van der Waals surface area contributed by atoms with Crippen LogP contribution in [0.2, 0.25) is 0 Å².